The minimum atomic E-state index is -0.979. The summed E-state index contributed by atoms with van der Waals surface area (Å²) in [6.07, 6.45) is -2.76. The first-order valence-corrected chi connectivity index (χ1v) is 6.64. The van der Waals surface area contributed by atoms with Crippen LogP contribution in [0.25, 0.3) is 0 Å². The van der Waals surface area contributed by atoms with Crippen LogP contribution in [-0.4, -0.2) is 71.3 Å². The number of hydrogen-bond donors (Lipinski definition) is 5. The Labute approximate surface area is 118 Å². The molecule has 0 aromatic heterocycles. The van der Waals surface area contributed by atoms with E-state index in [2.05, 4.69) is 17.9 Å². The van der Waals surface area contributed by atoms with Crippen molar-refractivity contribution in [2.75, 3.05) is 25.6 Å². The van der Waals surface area contributed by atoms with Crippen LogP contribution >= 0.6 is 12.6 Å². The van der Waals surface area contributed by atoms with Gasteiger partial charge in [-0.25, -0.2) is 0 Å². The van der Waals surface area contributed by atoms with Crippen LogP contribution < -0.4 is 5.32 Å². The second-order valence-electron chi connectivity index (χ2n) is 4.05. The summed E-state index contributed by atoms with van der Waals surface area (Å²) in [7, 11) is 0. The van der Waals surface area contributed by atoms with Crippen LogP contribution in [0.4, 0.5) is 0 Å². The number of carbonyl (C=O) groups is 1. The molecule has 0 radical (unpaired) electrons. The maximum atomic E-state index is 11.0. The van der Waals surface area contributed by atoms with Crippen molar-refractivity contribution in [3.63, 3.8) is 0 Å². The first kappa shape index (κ1) is 18.6. The van der Waals surface area contributed by atoms with Crippen LogP contribution in [0.1, 0.15) is 13.8 Å². The van der Waals surface area contributed by atoms with E-state index in [0.717, 1.165) is 0 Å². The van der Waals surface area contributed by atoms with E-state index in [0.29, 0.717) is 5.75 Å². The largest absolute Gasteiger partial charge is 0.394 e. The molecule has 0 aliphatic heterocycles. The van der Waals surface area contributed by atoms with E-state index in [4.69, 9.17) is 14.6 Å². The Morgan fingerprint density at radius 2 is 2.00 bits per heavy atom. The van der Waals surface area contributed by atoms with Crippen LogP contribution in [0.15, 0.2) is 0 Å². The highest BCUT2D eigenvalue weighted by Crippen LogP contribution is 2.09. The Morgan fingerprint density at radius 3 is 2.37 bits per heavy atom. The fraction of sp³-hybridized carbons (Fsp3) is 0.909. The predicted octanol–water partition coefficient (Wildman–Crippen LogP) is -1.49. The number of carbonyl (C=O) groups excluding carboxylic acids is 1. The number of hydrogen-bond acceptors (Lipinski definition) is 7. The van der Waals surface area contributed by atoms with Gasteiger partial charge in [0, 0.05) is 12.7 Å². The summed E-state index contributed by atoms with van der Waals surface area (Å²) in [6.45, 7) is 2.20. The Morgan fingerprint density at radius 1 is 1.37 bits per heavy atom. The van der Waals surface area contributed by atoms with Crippen molar-refractivity contribution in [2.24, 2.45) is 0 Å². The molecule has 0 spiro atoms. The zero-order chi connectivity index (χ0) is 14.8. The molecule has 0 fully saturated rings. The zero-order valence-corrected chi connectivity index (χ0v) is 12.0. The van der Waals surface area contributed by atoms with Gasteiger partial charge in [0.2, 0.25) is 5.91 Å². The predicted molar refractivity (Wildman–Crippen MR) is 71.9 cm³/mol. The minimum absolute atomic E-state index is 0.238. The third kappa shape index (κ3) is 7.71. The average Bonchev–Trinajstić information content (AvgIpc) is 2.36. The highest BCUT2D eigenvalue weighted by atomic mass is 32.1. The monoisotopic (exact) mass is 297 g/mol. The van der Waals surface area contributed by atoms with Gasteiger partial charge < -0.3 is 30.1 Å². The van der Waals surface area contributed by atoms with Crippen molar-refractivity contribution in [1.82, 2.24) is 5.32 Å². The molecule has 0 saturated carbocycles. The van der Waals surface area contributed by atoms with Crippen LogP contribution in [0.2, 0.25) is 0 Å². The van der Waals surface area contributed by atoms with Gasteiger partial charge in [-0.1, -0.05) is 0 Å². The van der Waals surface area contributed by atoms with E-state index in [9.17, 15) is 15.0 Å². The molecule has 19 heavy (non-hydrogen) atoms. The number of aliphatic hydroxyl groups is 3. The van der Waals surface area contributed by atoms with Gasteiger partial charge in [0.15, 0.2) is 6.29 Å². The van der Waals surface area contributed by atoms with Crippen molar-refractivity contribution >= 4 is 18.5 Å². The van der Waals surface area contributed by atoms with Gasteiger partial charge >= 0.3 is 0 Å². The maximum absolute atomic E-state index is 11.0. The van der Waals surface area contributed by atoms with Crippen molar-refractivity contribution in [3.05, 3.63) is 0 Å². The van der Waals surface area contributed by atoms with E-state index in [-0.39, 0.29) is 12.5 Å². The molecule has 0 rings (SSSR count). The lowest BCUT2D eigenvalue weighted by molar-refractivity contribution is -0.212. The molecule has 0 aliphatic carbocycles. The van der Waals surface area contributed by atoms with E-state index in [1.807, 2.05) is 0 Å². The van der Waals surface area contributed by atoms with Crippen LogP contribution in [0.5, 0.6) is 0 Å². The quantitative estimate of drug-likeness (QED) is 0.248. The summed E-state index contributed by atoms with van der Waals surface area (Å²) in [5.41, 5.74) is 0. The topological polar surface area (TPSA) is 108 Å². The molecular weight excluding hydrogens is 274 g/mol. The van der Waals surface area contributed by atoms with E-state index in [1.165, 1.54) is 13.8 Å². The second kappa shape index (κ2) is 10.4. The summed E-state index contributed by atoms with van der Waals surface area (Å²) in [6, 6.07) is -0.787. The third-order valence-corrected chi connectivity index (χ3v) is 2.50. The van der Waals surface area contributed by atoms with Crippen LogP contribution in [0, 0.1) is 0 Å². The van der Waals surface area contributed by atoms with Gasteiger partial charge in [-0.05, 0) is 6.92 Å². The lowest BCUT2D eigenvalue weighted by atomic mass is 10.2. The number of nitrogens with one attached hydrogen (secondary N) is 1. The van der Waals surface area contributed by atoms with Crippen molar-refractivity contribution in [1.29, 1.82) is 0 Å². The number of thiol groups is 1. The Balaban J connectivity index is 4.69. The van der Waals surface area contributed by atoms with Gasteiger partial charge in [-0.3, -0.25) is 4.79 Å². The molecular formula is C11H23NO6S. The molecule has 0 aromatic carbocycles. The van der Waals surface area contributed by atoms with Crippen molar-refractivity contribution < 1.29 is 29.6 Å². The Bertz CT molecular complexity index is 253. The highest BCUT2D eigenvalue weighted by molar-refractivity contribution is 7.80. The summed E-state index contributed by atoms with van der Waals surface area (Å²) in [4.78, 5) is 11.0. The number of ether oxygens (including phenoxy) is 2. The number of amides is 1. The third-order valence-electron chi connectivity index (χ3n) is 2.31. The molecule has 0 heterocycles. The molecule has 1 amide bonds. The van der Waals surface area contributed by atoms with Gasteiger partial charge in [-0.2, -0.15) is 12.6 Å². The molecule has 8 heteroatoms. The molecule has 0 bridgehead atoms. The first-order chi connectivity index (χ1) is 8.96. The molecule has 1 unspecified atom stereocenters. The molecule has 0 saturated heterocycles. The van der Waals surface area contributed by atoms with Crippen molar-refractivity contribution in [2.45, 2.75) is 38.4 Å². The Hall–Kier alpha value is -0.380. The smallest absolute Gasteiger partial charge is 0.217 e. The SMILES string of the molecule is CC(=O)N[C@@H](CO)[C@H](OCCS)OC(CO)[C@@H](C)O. The van der Waals surface area contributed by atoms with E-state index < -0.39 is 37.8 Å². The summed E-state index contributed by atoms with van der Waals surface area (Å²) in [5, 5.41) is 30.2. The molecule has 0 aromatic rings. The molecule has 4 N–H and O–H groups in total. The standard InChI is InChI=1S/C11H23NO6S/c1-7(15)10(6-14)18-11(17-3-4-19)9(5-13)12-8(2)16/h7,9-11,13-15,19H,3-6H2,1-2H3,(H,12,16)/t7-,9+,10?,11-/m1/s1. The second-order valence-corrected chi connectivity index (χ2v) is 4.50. The zero-order valence-electron chi connectivity index (χ0n) is 11.2. The summed E-state index contributed by atoms with van der Waals surface area (Å²) >= 11 is 3.99. The molecule has 7 nitrogen and oxygen atoms in total. The summed E-state index contributed by atoms with van der Waals surface area (Å²) < 4.78 is 10.7. The lowest BCUT2D eigenvalue weighted by Crippen LogP contribution is -2.50. The fourth-order valence-electron chi connectivity index (χ4n) is 1.36. The molecule has 114 valence electrons. The average molecular weight is 297 g/mol. The highest BCUT2D eigenvalue weighted by Gasteiger charge is 2.28. The molecule has 0 aliphatic rings. The van der Waals surface area contributed by atoms with Crippen molar-refractivity contribution in [3.8, 4) is 0 Å². The van der Waals surface area contributed by atoms with Gasteiger partial charge in [-0.15, -0.1) is 0 Å². The van der Waals surface area contributed by atoms with E-state index >= 15 is 0 Å². The number of aliphatic hydroxyl groups excluding tert-OH is 3. The van der Waals surface area contributed by atoms with E-state index in [1.54, 1.807) is 0 Å². The van der Waals surface area contributed by atoms with Crippen LogP contribution in [-0.2, 0) is 14.3 Å². The fourth-order valence-corrected chi connectivity index (χ4v) is 1.47. The minimum Gasteiger partial charge on any atom is -0.394 e. The maximum Gasteiger partial charge on any atom is 0.217 e. The normalized spacial score (nSPS) is 17.6. The van der Waals surface area contributed by atoms with Gasteiger partial charge in [0.1, 0.15) is 12.1 Å². The van der Waals surface area contributed by atoms with Crippen LogP contribution in [0.3, 0.4) is 0 Å². The molecule has 4 atom stereocenters. The Kier molecular flexibility index (Phi) is 10.2. The van der Waals surface area contributed by atoms with Gasteiger partial charge in [0.05, 0.1) is 25.9 Å². The van der Waals surface area contributed by atoms with Gasteiger partial charge in [0.25, 0.3) is 0 Å². The first-order valence-electron chi connectivity index (χ1n) is 6.01. The summed E-state index contributed by atoms with van der Waals surface area (Å²) in [5.74, 6) is 0.0797. The number of rotatable bonds is 10. The lowest BCUT2D eigenvalue weighted by Gasteiger charge is -2.30.